The number of rotatable bonds is 3. The van der Waals surface area contributed by atoms with Crippen molar-refractivity contribution in [2.75, 3.05) is 6.54 Å². The molecule has 0 spiro atoms. The van der Waals surface area contributed by atoms with Gasteiger partial charge in [-0.05, 0) is 52.4 Å². The number of aromatic nitrogens is 1. The number of benzene rings is 1. The molecule has 2 aromatic rings. The summed E-state index contributed by atoms with van der Waals surface area (Å²) in [6, 6.07) is 10.3. The zero-order chi connectivity index (χ0) is 14.9. The van der Waals surface area contributed by atoms with E-state index in [1.807, 2.05) is 12.1 Å². The maximum absolute atomic E-state index is 11.0. The van der Waals surface area contributed by atoms with E-state index in [9.17, 15) is 5.11 Å². The fourth-order valence-electron chi connectivity index (χ4n) is 3.46. The summed E-state index contributed by atoms with van der Waals surface area (Å²) in [6.07, 6.45) is 5.81. The van der Waals surface area contributed by atoms with Crippen molar-refractivity contribution in [3.8, 4) is 0 Å². The summed E-state index contributed by atoms with van der Waals surface area (Å²) in [4.78, 5) is 4.17. The van der Waals surface area contributed by atoms with Crippen LogP contribution in [0.4, 0.5) is 0 Å². The van der Waals surface area contributed by atoms with E-state index in [-0.39, 0.29) is 0 Å². The minimum Gasteiger partial charge on any atom is -0.387 e. The van der Waals surface area contributed by atoms with Gasteiger partial charge in [0.05, 0.1) is 6.10 Å². The minimum atomic E-state index is -0.644. The Bertz CT molecular complexity index is 646. The lowest BCUT2D eigenvalue weighted by molar-refractivity contribution is 0.0714. The van der Waals surface area contributed by atoms with Crippen LogP contribution in [-0.4, -0.2) is 16.6 Å². The normalized spacial score (nSPS) is 22.6. The lowest BCUT2D eigenvalue weighted by Gasteiger charge is -2.42. The molecule has 1 aliphatic rings. The van der Waals surface area contributed by atoms with Crippen LogP contribution in [-0.2, 0) is 11.8 Å². The summed E-state index contributed by atoms with van der Waals surface area (Å²) in [6.45, 7) is 0.428. The summed E-state index contributed by atoms with van der Waals surface area (Å²) in [7, 11) is 0. The second-order valence-corrected chi connectivity index (χ2v) is 6.63. The molecule has 0 amide bonds. The van der Waals surface area contributed by atoms with Crippen LogP contribution in [0.2, 0.25) is 0 Å². The third-order valence-electron chi connectivity index (χ3n) is 4.55. The van der Waals surface area contributed by atoms with Gasteiger partial charge in [-0.2, -0.15) is 0 Å². The monoisotopic (exact) mass is 346 g/mol. The molecule has 0 fully saturated rings. The van der Waals surface area contributed by atoms with Crippen LogP contribution < -0.4 is 5.73 Å². The molecule has 0 saturated carbocycles. The Morgan fingerprint density at radius 3 is 2.90 bits per heavy atom. The van der Waals surface area contributed by atoms with Gasteiger partial charge in [-0.3, -0.25) is 4.98 Å². The summed E-state index contributed by atoms with van der Waals surface area (Å²) >= 11 is 3.42. The second kappa shape index (κ2) is 5.87. The van der Waals surface area contributed by atoms with Crippen LogP contribution in [0.5, 0.6) is 0 Å². The number of fused-ring (bicyclic) bond motifs is 1. The van der Waals surface area contributed by atoms with Crippen LogP contribution in [0.1, 0.15) is 35.6 Å². The number of pyridine rings is 1. The Balaban J connectivity index is 2.09. The summed E-state index contributed by atoms with van der Waals surface area (Å²) < 4.78 is 0.871. The van der Waals surface area contributed by atoms with Crippen molar-refractivity contribution in [3.05, 3.63) is 63.9 Å². The van der Waals surface area contributed by atoms with Gasteiger partial charge >= 0.3 is 0 Å². The highest BCUT2D eigenvalue weighted by Crippen LogP contribution is 2.45. The van der Waals surface area contributed by atoms with Crippen molar-refractivity contribution < 1.29 is 5.11 Å². The molecule has 0 saturated heterocycles. The van der Waals surface area contributed by atoms with E-state index in [1.165, 1.54) is 11.1 Å². The summed E-state index contributed by atoms with van der Waals surface area (Å²) in [5.74, 6) is 0. The molecule has 3 N–H and O–H groups in total. The molecule has 0 radical (unpaired) electrons. The van der Waals surface area contributed by atoms with Crippen molar-refractivity contribution >= 4 is 15.9 Å². The number of halogens is 1. The molecule has 3 nitrogen and oxygen atoms in total. The van der Waals surface area contributed by atoms with Crippen LogP contribution in [0.3, 0.4) is 0 Å². The molecule has 1 aromatic carbocycles. The third-order valence-corrected chi connectivity index (χ3v) is 4.99. The Morgan fingerprint density at radius 2 is 2.14 bits per heavy atom. The molecular formula is C17H19BrN2O. The highest BCUT2D eigenvalue weighted by atomic mass is 79.9. The quantitative estimate of drug-likeness (QED) is 0.897. The maximum atomic E-state index is 11.0. The molecule has 1 aromatic heterocycles. The number of aryl methyl sites for hydroxylation is 1. The van der Waals surface area contributed by atoms with Crippen molar-refractivity contribution in [1.29, 1.82) is 0 Å². The first-order valence-corrected chi connectivity index (χ1v) is 8.03. The molecular weight excluding hydrogens is 328 g/mol. The van der Waals surface area contributed by atoms with E-state index < -0.39 is 11.5 Å². The van der Waals surface area contributed by atoms with E-state index in [0.29, 0.717) is 6.54 Å². The number of nitrogens with two attached hydrogens (primary N) is 1. The standard InChI is InChI=1S/C17H19BrN2O/c18-14-8-13(9-20-10-14)16(21)17(11-19)7-3-5-12-4-1-2-6-15(12)17/h1-2,4,6,8-10,16,21H,3,5,7,11,19H2. The Kier molecular flexibility index (Phi) is 4.11. The predicted octanol–water partition coefficient (Wildman–Crippen LogP) is 3.11. The van der Waals surface area contributed by atoms with Crippen molar-refractivity contribution in [1.82, 2.24) is 4.98 Å². The minimum absolute atomic E-state index is 0.419. The van der Waals surface area contributed by atoms with Crippen molar-refractivity contribution in [2.24, 2.45) is 5.73 Å². The Labute approximate surface area is 133 Å². The molecule has 3 rings (SSSR count). The van der Waals surface area contributed by atoms with Gasteiger partial charge < -0.3 is 10.8 Å². The highest BCUT2D eigenvalue weighted by Gasteiger charge is 2.42. The van der Waals surface area contributed by atoms with E-state index in [1.54, 1.807) is 12.4 Å². The molecule has 2 unspecified atom stereocenters. The smallest absolute Gasteiger partial charge is 0.0914 e. The summed E-state index contributed by atoms with van der Waals surface area (Å²) in [5, 5.41) is 11.0. The van der Waals surface area contributed by atoms with Gasteiger partial charge in [-0.15, -0.1) is 0 Å². The molecule has 1 aliphatic carbocycles. The number of nitrogens with zero attached hydrogens (tertiary/aromatic N) is 1. The van der Waals surface area contributed by atoms with Gasteiger partial charge in [0.2, 0.25) is 0 Å². The van der Waals surface area contributed by atoms with Crippen LogP contribution in [0.15, 0.2) is 47.2 Å². The molecule has 110 valence electrons. The molecule has 0 bridgehead atoms. The topological polar surface area (TPSA) is 59.1 Å². The van der Waals surface area contributed by atoms with E-state index in [4.69, 9.17) is 5.73 Å². The number of aliphatic hydroxyl groups is 1. The maximum Gasteiger partial charge on any atom is 0.0914 e. The second-order valence-electron chi connectivity index (χ2n) is 5.71. The largest absolute Gasteiger partial charge is 0.387 e. The molecule has 4 heteroatoms. The zero-order valence-corrected chi connectivity index (χ0v) is 13.4. The first-order valence-electron chi connectivity index (χ1n) is 7.24. The predicted molar refractivity (Wildman–Crippen MR) is 87.0 cm³/mol. The lowest BCUT2D eigenvalue weighted by atomic mass is 9.65. The lowest BCUT2D eigenvalue weighted by Crippen LogP contribution is -2.43. The van der Waals surface area contributed by atoms with E-state index in [2.05, 4.69) is 39.1 Å². The average Bonchev–Trinajstić information content (AvgIpc) is 2.53. The van der Waals surface area contributed by atoms with Gasteiger partial charge in [0.25, 0.3) is 0 Å². The highest BCUT2D eigenvalue weighted by molar-refractivity contribution is 9.10. The van der Waals surface area contributed by atoms with Gasteiger partial charge in [-0.1, -0.05) is 24.3 Å². The van der Waals surface area contributed by atoms with Gasteiger partial charge in [0, 0.05) is 34.4 Å². The molecule has 21 heavy (non-hydrogen) atoms. The van der Waals surface area contributed by atoms with Gasteiger partial charge in [0.1, 0.15) is 0 Å². The first kappa shape index (κ1) is 14.7. The number of aliphatic hydroxyl groups excluding tert-OH is 1. The molecule has 0 aliphatic heterocycles. The van der Waals surface area contributed by atoms with Crippen LogP contribution >= 0.6 is 15.9 Å². The van der Waals surface area contributed by atoms with E-state index >= 15 is 0 Å². The van der Waals surface area contributed by atoms with Crippen LogP contribution in [0.25, 0.3) is 0 Å². The summed E-state index contributed by atoms with van der Waals surface area (Å²) in [5.41, 5.74) is 9.02. The van der Waals surface area contributed by atoms with Crippen molar-refractivity contribution in [2.45, 2.75) is 30.8 Å². The zero-order valence-electron chi connectivity index (χ0n) is 11.8. The van der Waals surface area contributed by atoms with Gasteiger partial charge in [-0.25, -0.2) is 0 Å². The fourth-order valence-corrected chi connectivity index (χ4v) is 3.84. The fraction of sp³-hybridized carbons (Fsp3) is 0.353. The Hall–Kier alpha value is -1.23. The first-order chi connectivity index (χ1) is 10.2. The Morgan fingerprint density at radius 1 is 1.33 bits per heavy atom. The SMILES string of the molecule is NCC1(C(O)c2cncc(Br)c2)CCCc2ccccc21. The van der Waals surface area contributed by atoms with E-state index in [0.717, 1.165) is 29.3 Å². The van der Waals surface area contributed by atoms with Crippen molar-refractivity contribution in [3.63, 3.8) is 0 Å². The molecule has 1 heterocycles. The number of hydrogen-bond acceptors (Lipinski definition) is 3. The third kappa shape index (κ3) is 2.52. The number of hydrogen-bond donors (Lipinski definition) is 2. The van der Waals surface area contributed by atoms with Crippen LogP contribution in [0, 0.1) is 0 Å². The molecule has 2 atom stereocenters. The van der Waals surface area contributed by atoms with Gasteiger partial charge in [0.15, 0.2) is 0 Å². The average molecular weight is 347 g/mol.